The zero-order valence-electron chi connectivity index (χ0n) is 12.1. The number of rotatable bonds is 5. The highest BCUT2D eigenvalue weighted by Gasteiger charge is 2.23. The van der Waals surface area contributed by atoms with Crippen molar-refractivity contribution >= 4 is 11.6 Å². The van der Waals surface area contributed by atoms with E-state index in [2.05, 4.69) is 17.6 Å². The lowest BCUT2D eigenvalue weighted by Gasteiger charge is -2.29. The lowest BCUT2D eigenvalue weighted by atomic mass is 9.90. The molecule has 1 aromatic carbocycles. The van der Waals surface area contributed by atoms with Gasteiger partial charge in [-0.25, -0.2) is 0 Å². The van der Waals surface area contributed by atoms with Crippen LogP contribution in [-0.2, 0) is 11.2 Å². The molecule has 0 saturated carbocycles. The minimum atomic E-state index is 0.0613. The highest BCUT2D eigenvalue weighted by atomic mass is 16.2. The molecule has 0 radical (unpaired) electrons. The molecule has 4 heteroatoms. The van der Waals surface area contributed by atoms with Crippen LogP contribution in [0.25, 0.3) is 0 Å². The summed E-state index contributed by atoms with van der Waals surface area (Å²) in [6, 6.07) is 7.94. The van der Waals surface area contributed by atoms with Crippen molar-refractivity contribution < 1.29 is 9.90 Å². The Morgan fingerprint density at radius 2 is 2.15 bits per heavy atom. The Labute approximate surface area is 120 Å². The lowest BCUT2D eigenvalue weighted by Crippen LogP contribution is -2.42. The van der Waals surface area contributed by atoms with Crippen molar-refractivity contribution in [3.05, 3.63) is 29.8 Å². The number of aliphatic hydroxyl groups is 1. The second kappa shape index (κ2) is 7.41. The van der Waals surface area contributed by atoms with E-state index in [1.165, 1.54) is 12.8 Å². The molecule has 110 valence electrons. The van der Waals surface area contributed by atoms with Crippen LogP contribution in [0.5, 0.6) is 0 Å². The van der Waals surface area contributed by atoms with Gasteiger partial charge in [-0.3, -0.25) is 4.79 Å². The summed E-state index contributed by atoms with van der Waals surface area (Å²) in [5.41, 5.74) is 1.90. The molecule has 0 aliphatic carbocycles. The lowest BCUT2D eigenvalue weighted by molar-refractivity contribution is -0.117. The van der Waals surface area contributed by atoms with Gasteiger partial charge in [0, 0.05) is 24.8 Å². The first-order chi connectivity index (χ1) is 9.69. The Bertz CT molecular complexity index is 431. The van der Waals surface area contributed by atoms with E-state index in [0.717, 1.165) is 17.8 Å². The van der Waals surface area contributed by atoms with Crippen LogP contribution in [0, 0.1) is 5.92 Å². The summed E-state index contributed by atoms with van der Waals surface area (Å²) in [5, 5.41) is 15.2. The molecule has 4 nitrogen and oxygen atoms in total. The van der Waals surface area contributed by atoms with Crippen LogP contribution in [0.2, 0.25) is 0 Å². The molecule has 0 aromatic heterocycles. The van der Waals surface area contributed by atoms with Gasteiger partial charge in [0.05, 0.1) is 0 Å². The van der Waals surface area contributed by atoms with Gasteiger partial charge in [0.25, 0.3) is 0 Å². The SMILES string of the molecule is CC1CCCNC1CC(=O)Nc1ccc(CCO)cc1. The highest BCUT2D eigenvalue weighted by molar-refractivity contribution is 5.91. The maximum absolute atomic E-state index is 12.0. The van der Waals surface area contributed by atoms with Crippen molar-refractivity contribution in [2.45, 2.75) is 38.6 Å². The highest BCUT2D eigenvalue weighted by Crippen LogP contribution is 2.19. The molecule has 1 aromatic rings. The van der Waals surface area contributed by atoms with Gasteiger partial charge in [-0.2, -0.15) is 0 Å². The van der Waals surface area contributed by atoms with Crippen LogP contribution in [0.15, 0.2) is 24.3 Å². The fourth-order valence-corrected chi connectivity index (χ4v) is 2.68. The molecule has 1 amide bonds. The molecule has 1 heterocycles. The van der Waals surface area contributed by atoms with E-state index in [1.807, 2.05) is 24.3 Å². The molecule has 0 spiro atoms. The van der Waals surface area contributed by atoms with E-state index >= 15 is 0 Å². The van der Waals surface area contributed by atoms with Crippen LogP contribution in [0.1, 0.15) is 31.7 Å². The molecule has 1 saturated heterocycles. The Kier molecular flexibility index (Phi) is 5.56. The molecule has 2 unspecified atom stereocenters. The zero-order chi connectivity index (χ0) is 14.4. The number of anilines is 1. The summed E-state index contributed by atoms with van der Waals surface area (Å²) in [5.74, 6) is 0.618. The maximum Gasteiger partial charge on any atom is 0.225 e. The Balaban J connectivity index is 1.84. The van der Waals surface area contributed by atoms with Gasteiger partial charge in [-0.05, 0) is 49.4 Å². The fourth-order valence-electron chi connectivity index (χ4n) is 2.68. The van der Waals surface area contributed by atoms with E-state index in [0.29, 0.717) is 18.8 Å². The average Bonchev–Trinajstić information content (AvgIpc) is 2.44. The number of piperidine rings is 1. The topological polar surface area (TPSA) is 61.4 Å². The number of carbonyl (C=O) groups is 1. The van der Waals surface area contributed by atoms with E-state index < -0.39 is 0 Å². The molecule has 1 fully saturated rings. The van der Waals surface area contributed by atoms with Crippen LogP contribution in [0.3, 0.4) is 0 Å². The summed E-state index contributed by atoms with van der Waals surface area (Å²) in [6.07, 6.45) is 3.57. The average molecular weight is 276 g/mol. The quantitative estimate of drug-likeness (QED) is 0.770. The molecule has 2 rings (SSSR count). The predicted octanol–water partition coefficient (Wildman–Crippen LogP) is 1.94. The second-order valence-corrected chi connectivity index (χ2v) is 5.60. The van der Waals surface area contributed by atoms with Crippen molar-refractivity contribution in [3.8, 4) is 0 Å². The summed E-state index contributed by atoms with van der Waals surface area (Å²) < 4.78 is 0. The smallest absolute Gasteiger partial charge is 0.225 e. The van der Waals surface area contributed by atoms with E-state index in [-0.39, 0.29) is 18.6 Å². The molecular formula is C16H24N2O2. The number of carbonyl (C=O) groups excluding carboxylic acids is 1. The van der Waals surface area contributed by atoms with E-state index in [1.54, 1.807) is 0 Å². The number of benzene rings is 1. The summed E-state index contributed by atoms with van der Waals surface area (Å²) in [7, 11) is 0. The molecule has 1 aliphatic rings. The van der Waals surface area contributed by atoms with Gasteiger partial charge >= 0.3 is 0 Å². The minimum Gasteiger partial charge on any atom is -0.396 e. The number of amides is 1. The van der Waals surface area contributed by atoms with Gasteiger partial charge in [-0.15, -0.1) is 0 Å². The van der Waals surface area contributed by atoms with Crippen molar-refractivity contribution in [2.75, 3.05) is 18.5 Å². The van der Waals surface area contributed by atoms with Crippen molar-refractivity contribution in [2.24, 2.45) is 5.92 Å². The van der Waals surface area contributed by atoms with Crippen molar-refractivity contribution in [1.29, 1.82) is 0 Å². The third kappa shape index (κ3) is 4.32. The third-order valence-corrected chi connectivity index (χ3v) is 3.97. The third-order valence-electron chi connectivity index (χ3n) is 3.97. The van der Waals surface area contributed by atoms with Crippen LogP contribution in [0.4, 0.5) is 5.69 Å². The van der Waals surface area contributed by atoms with E-state index in [9.17, 15) is 4.79 Å². The standard InChI is InChI=1S/C16H24N2O2/c1-12-3-2-9-17-15(12)11-16(20)18-14-6-4-13(5-7-14)8-10-19/h4-7,12,15,17,19H,2-3,8-11H2,1H3,(H,18,20). The first-order valence-electron chi connectivity index (χ1n) is 7.42. The summed E-state index contributed by atoms with van der Waals surface area (Å²) in [4.78, 5) is 12.0. The van der Waals surface area contributed by atoms with Gasteiger partial charge in [0.2, 0.25) is 5.91 Å². The minimum absolute atomic E-state index is 0.0613. The molecular weight excluding hydrogens is 252 g/mol. The van der Waals surface area contributed by atoms with Crippen LogP contribution >= 0.6 is 0 Å². The van der Waals surface area contributed by atoms with Crippen LogP contribution in [-0.4, -0.2) is 30.2 Å². The Morgan fingerprint density at radius 1 is 1.40 bits per heavy atom. The van der Waals surface area contributed by atoms with Gasteiger partial charge in [-0.1, -0.05) is 19.1 Å². The van der Waals surface area contributed by atoms with Crippen molar-refractivity contribution in [3.63, 3.8) is 0 Å². The first-order valence-corrected chi connectivity index (χ1v) is 7.42. The first kappa shape index (κ1) is 15.0. The normalized spacial score (nSPS) is 22.5. The molecule has 20 heavy (non-hydrogen) atoms. The van der Waals surface area contributed by atoms with E-state index in [4.69, 9.17) is 5.11 Å². The maximum atomic E-state index is 12.0. The predicted molar refractivity (Wildman–Crippen MR) is 80.7 cm³/mol. The zero-order valence-corrected chi connectivity index (χ0v) is 12.1. The Hall–Kier alpha value is -1.39. The number of hydrogen-bond donors (Lipinski definition) is 3. The fraction of sp³-hybridized carbons (Fsp3) is 0.562. The van der Waals surface area contributed by atoms with Crippen molar-refractivity contribution in [1.82, 2.24) is 5.32 Å². The van der Waals surface area contributed by atoms with Crippen LogP contribution < -0.4 is 10.6 Å². The monoisotopic (exact) mass is 276 g/mol. The molecule has 2 atom stereocenters. The summed E-state index contributed by atoms with van der Waals surface area (Å²) in [6.45, 7) is 3.36. The molecule has 1 aliphatic heterocycles. The number of nitrogens with one attached hydrogen (secondary N) is 2. The number of hydrogen-bond acceptors (Lipinski definition) is 3. The number of aliphatic hydroxyl groups excluding tert-OH is 1. The largest absolute Gasteiger partial charge is 0.396 e. The van der Waals surface area contributed by atoms with Gasteiger partial charge in [0.1, 0.15) is 0 Å². The van der Waals surface area contributed by atoms with Gasteiger partial charge in [0.15, 0.2) is 0 Å². The Morgan fingerprint density at radius 3 is 2.80 bits per heavy atom. The summed E-state index contributed by atoms with van der Waals surface area (Å²) >= 11 is 0. The van der Waals surface area contributed by atoms with Gasteiger partial charge < -0.3 is 15.7 Å². The second-order valence-electron chi connectivity index (χ2n) is 5.60. The molecule has 3 N–H and O–H groups in total. The molecule has 0 bridgehead atoms.